The molecule has 0 aromatic carbocycles. The molecule has 0 amide bonds. The van der Waals surface area contributed by atoms with Crippen LogP contribution in [0, 0.1) is 0 Å². The summed E-state index contributed by atoms with van der Waals surface area (Å²) in [4.78, 5) is 4.26. The third-order valence-corrected chi connectivity index (χ3v) is 4.02. The summed E-state index contributed by atoms with van der Waals surface area (Å²) in [6.07, 6.45) is 3.76. The van der Waals surface area contributed by atoms with E-state index in [0.717, 1.165) is 36.7 Å². The minimum Gasteiger partial charge on any atom is -0.387 e. The average molecular weight is 340 g/mol. The van der Waals surface area contributed by atoms with Crippen molar-refractivity contribution in [1.82, 2.24) is 15.6 Å². The van der Waals surface area contributed by atoms with Crippen LogP contribution in [-0.4, -0.2) is 47.6 Å². The largest absolute Gasteiger partial charge is 0.387 e. The molecule has 1 unspecified atom stereocenters. The minimum absolute atomic E-state index is 0. The van der Waals surface area contributed by atoms with Crippen LogP contribution in [0.3, 0.4) is 0 Å². The summed E-state index contributed by atoms with van der Waals surface area (Å²) in [5, 5.41) is 17.9. The van der Waals surface area contributed by atoms with E-state index >= 15 is 0 Å². The standard InChI is InChI=1S/C13H21N3OS.2ClH/c17-13(5-3-6-14-10-13)11-15-8-9-18-12-4-1-2-7-16-12;;/h1-2,4,7,14-15,17H,3,5-6,8-11H2;2*1H. The fraction of sp³-hybridized carbons (Fsp3) is 0.615. The third kappa shape index (κ3) is 7.11. The van der Waals surface area contributed by atoms with Gasteiger partial charge in [-0.05, 0) is 31.5 Å². The monoisotopic (exact) mass is 339 g/mol. The number of pyridine rings is 1. The Morgan fingerprint density at radius 3 is 2.90 bits per heavy atom. The van der Waals surface area contributed by atoms with Crippen LogP contribution in [0.1, 0.15) is 12.8 Å². The van der Waals surface area contributed by atoms with Gasteiger partial charge in [0.2, 0.25) is 0 Å². The van der Waals surface area contributed by atoms with Crippen molar-refractivity contribution in [2.24, 2.45) is 0 Å². The van der Waals surface area contributed by atoms with Crippen LogP contribution in [0.15, 0.2) is 29.4 Å². The van der Waals surface area contributed by atoms with Crippen molar-refractivity contribution in [2.45, 2.75) is 23.5 Å². The van der Waals surface area contributed by atoms with E-state index < -0.39 is 5.60 Å². The van der Waals surface area contributed by atoms with Gasteiger partial charge in [-0.15, -0.1) is 36.6 Å². The van der Waals surface area contributed by atoms with E-state index in [-0.39, 0.29) is 24.8 Å². The zero-order chi connectivity index (χ0) is 12.7. The maximum atomic E-state index is 10.2. The lowest BCUT2D eigenvalue weighted by molar-refractivity contribution is 0.0177. The summed E-state index contributed by atoms with van der Waals surface area (Å²) in [5.41, 5.74) is -0.562. The number of halogens is 2. The molecule has 1 saturated heterocycles. The van der Waals surface area contributed by atoms with E-state index in [9.17, 15) is 5.11 Å². The number of hydrogen-bond acceptors (Lipinski definition) is 5. The Kier molecular flexibility index (Phi) is 10.6. The molecule has 1 atom stereocenters. The first-order valence-electron chi connectivity index (χ1n) is 6.46. The summed E-state index contributed by atoms with van der Waals surface area (Å²) in [5.74, 6) is 0.973. The van der Waals surface area contributed by atoms with Crippen molar-refractivity contribution >= 4 is 36.6 Å². The summed E-state index contributed by atoms with van der Waals surface area (Å²) in [6, 6.07) is 5.94. The first kappa shape index (κ1) is 20.0. The third-order valence-electron chi connectivity index (χ3n) is 3.07. The topological polar surface area (TPSA) is 57.2 Å². The van der Waals surface area contributed by atoms with Gasteiger partial charge in [-0.3, -0.25) is 0 Å². The number of rotatable bonds is 6. The number of aliphatic hydroxyl groups is 1. The second-order valence-electron chi connectivity index (χ2n) is 4.70. The Morgan fingerprint density at radius 2 is 2.25 bits per heavy atom. The zero-order valence-corrected chi connectivity index (χ0v) is 13.8. The number of nitrogens with zero attached hydrogens (tertiary/aromatic N) is 1. The molecule has 1 aromatic heterocycles. The Hall–Kier alpha value is -0.0400. The molecule has 7 heteroatoms. The summed E-state index contributed by atoms with van der Waals surface area (Å²) >= 11 is 1.74. The molecule has 3 N–H and O–H groups in total. The molecule has 0 radical (unpaired) electrons. The Morgan fingerprint density at radius 1 is 1.40 bits per heavy atom. The molecule has 0 spiro atoms. The molecule has 116 valence electrons. The van der Waals surface area contributed by atoms with E-state index in [1.807, 2.05) is 24.4 Å². The van der Waals surface area contributed by atoms with Crippen molar-refractivity contribution in [3.63, 3.8) is 0 Å². The van der Waals surface area contributed by atoms with Crippen LogP contribution in [0.5, 0.6) is 0 Å². The molecule has 20 heavy (non-hydrogen) atoms. The second kappa shape index (κ2) is 10.7. The van der Waals surface area contributed by atoms with Crippen LogP contribution in [-0.2, 0) is 0 Å². The number of piperidine rings is 1. The quantitative estimate of drug-likeness (QED) is 0.544. The molecule has 2 rings (SSSR count). The van der Waals surface area contributed by atoms with Gasteiger partial charge in [0.05, 0.1) is 10.6 Å². The number of nitrogens with one attached hydrogen (secondary N) is 2. The van der Waals surface area contributed by atoms with Crippen LogP contribution < -0.4 is 10.6 Å². The zero-order valence-electron chi connectivity index (χ0n) is 11.4. The molecular formula is C13H23Cl2N3OS. The highest BCUT2D eigenvalue weighted by Gasteiger charge is 2.28. The maximum absolute atomic E-state index is 10.2. The van der Waals surface area contributed by atoms with Crippen molar-refractivity contribution < 1.29 is 5.11 Å². The second-order valence-corrected chi connectivity index (χ2v) is 5.81. The molecule has 1 fully saturated rings. The highest BCUT2D eigenvalue weighted by molar-refractivity contribution is 7.99. The first-order valence-corrected chi connectivity index (χ1v) is 7.45. The van der Waals surface area contributed by atoms with Crippen molar-refractivity contribution in [1.29, 1.82) is 0 Å². The fourth-order valence-electron chi connectivity index (χ4n) is 2.08. The average Bonchev–Trinajstić information content (AvgIpc) is 2.40. The van der Waals surface area contributed by atoms with Gasteiger partial charge in [-0.2, -0.15) is 0 Å². The van der Waals surface area contributed by atoms with E-state index in [1.54, 1.807) is 11.8 Å². The predicted octanol–water partition coefficient (Wildman–Crippen LogP) is 1.72. The molecular weight excluding hydrogens is 317 g/mol. The van der Waals surface area contributed by atoms with E-state index in [0.29, 0.717) is 13.1 Å². The van der Waals surface area contributed by atoms with E-state index in [2.05, 4.69) is 15.6 Å². The van der Waals surface area contributed by atoms with Crippen LogP contribution >= 0.6 is 36.6 Å². The Bertz CT molecular complexity index is 351. The normalized spacial score (nSPS) is 21.6. The summed E-state index contributed by atoms with van der Waals surface area (Å²) in [6.45, 7) is 3.29. The smallest absolute Gasteiger partial charge is 0.0960 e. The molecule has 0 aliphatic carbocycles. The Balaban J connectivity index is 0.00000180. The predicted molar refractivity (Wildman–Crippen MR) is 89.4 cm³/mol. The lowest BCUT2D eigenvalue weighted by Gasteiger charge is -2.32. The van der Waals surface area contributed by atoms with Gasteiger partial charge in [0, 0.05) is 31.6 Å². The number of hydrogen-bond donors (Lipinski definition) is 3. The van der Waals surface area contributed by atoms with E-state index in [1.165, 1.54) is 0 Å². The van der Waals surface area contributed by atoms with Crippen LogP contribution in [0.2, 0.25) is 0 Å². The molecule has 1 aromatic rings. The fourth-order valence-corrected chi connectivity index (χ4v) is 2.85. The van der Waals surface area contributed by atoms with Gasteiger partial charge < -0.3 is 15.7 Å². The van der Waals surface area contributed by atoms with Gasteiger partial charge in [0.15, 0.2) is 0 Å². The minimum atomic E-state index is -0.562. The summed E-state index contributed by atoms with van der Waals surface area (Å²) < 4.78 is 0. The highest BCUT2D eigenvalue weighted by Crippen LogP contribution is 2.15. The molecule has 1 aliphatic heterocycles. The number of β-amino-alcohol motifs (C(OH)–C–C–N with tert-alkyl or cyclic N) is 1. The number of thioether (sulfide) groups is 1. The maximum Gasteiger partial charge on any atom is 0.0960 e. The van der Waals surface area contributed by atoms with Gasteiger partial charge >= 0.3 is 0 Å². The molecule has 0 bridgehead atoms. The number of aromatic nitrogens is 1. The molecule has 1 aliphatic rings. The van der Waals surface area contributed by atoms with Crippen molar-refractivity contribution in [3.05, 3.63) is 24.4 Å². The van der Waals surface area contributed by atoms with Crippen molar-refractivity contribution in [3.8, 4) is 0 Å². The lowest BCUT2D eigenvalue weighted by Crippen LogP contribution is -2.52. The van der Waals surface area contributed by atoms with Gasteiger partial charge in [0.25, 0.3) is 0 Å². The molecule has 0 saturated carbocycles. The van der Waals surface area contributed by atoms with Gasteiger partial charge in [-0.25, -0.2) is 4.98 Å². The molecule has 4 nitrogen and oxygen atoms in total. The van der Waals surface area contributed by atoms with Crippen molar-refractivity contribution in [2.75, 3.05) is 31.9 Å². The van der Waals surface area contributed by atoms with Gasteiger partial charge in [0.1, 0.15) is 0 Å². The van der Waals surface area contributed by atoms with Crippen LogP contribution in [0.4, 0.5) is 0 Å². The van der Waals surface area contributed by atoms with Gasteiger partial charge in [-0.1, -0.05) is 6.07 Å². The molecule has 2 heterocycles. The van der Waals surface area contributed by atoms with E-state index in [4.69, 9.17) is 0 Å². The SMILES string of the molecule is Cl.Cl.OC1(CNCCSc2ccccn2)CCCNC1. The first-order chi connectivity index (χ1) is 8.79. The highest BCUT2D eigenvalue weighted by atomic mass is 35.5. The van der Waals surface area contributed by atoms with Crippen LogP contribution in [0.25, 0.3) is 0 Å². The lowest BCUT2D eigenvalue weighted by atomic mass is 9.94. The summed E-state index contributed by atoms with van der Waals surface area (Å²) in [7, 11) is 0. The Labute approximate surface area is 137 Å².